The van der Waals surface area contributed by atoms with Gasteiger partial charge in [0.25, 0.3) is 0 Å². The van der Waals surface area contributed by atoms with Gasteiger partial charge in [0.1, 0.15) is 5.56 Å². The number of nitrogens with zero attached hydrogens (tertiary/aromatic N) is 3. The quantitative estimate of drug-likeness (QED) is 0.729. The molecular weight excluding hydrogens is 341 g/mol. The van der Waals surface area contributed by atoms with Crippen molar-refractivity contribution in [2.24, 2.45) is 0 Å². The van der Waals surface area contributed by atoms with E-state index >= 15 is 0 Å². The summed E-state index contributed by atoms with van der Waals surface area (Å²) >= 11 is 12.0. The third kappa shape index (κ3) is 2.95. The predicted molar refractivity (Wildman–Crippen MR) is 86.1 cm³/mol. The van der Waals surface area contributed by atoms with E-state index in [2.05, 4.69) is 10.1 Å². The summed E-state index contributed by atoms with van der Waals surface area (Å²) < 4.78 is 6.23. The van der Waals surface area contributed by atoms with Crippen LogP contribution in [0.1, 0.15) is 17.3 Å². The summed E-state index contributed by atoms with van der Waals surface area (Å²) in [6, 6.07) is 4.99. The summed E-state index contributed by atoms with van der Waals surface area (Å²) in [4.78, 5) is 16.1. The molecule has 1 aromatic carbocycles. The van der Waals surface area contributed by atoms with Gasteiger partial charge in [0, 0.05) is 15.6 Å². The van der Waals surface area contributed by atoms with Crippen molar-refractivity contribution in [3.05, 3.63) is 46.2 Å². The second-order valence-corrected chi connectivity index (χ2v) is 5.55. The third-order valence-corrected chi connectivity index (χ3v) is 3.56. The van der Waals surface area contributed by atoms with E-state index in [1.54, 1.807) is 31.3 Å². The summed E-state index contributed by atoms with van der Waals surface area (Å²) in [5, 5.41) is 15.2. The predicted octanol–water partition coefficient (Wildman–Crippen LogP) is 3.59. The number of hydrogen-bond donors (Lipinski definition) is 1. The lowest BCUT2D eigenvalue weighted by Gasteiger charge is -2.04. The molecule has 3 aromatic rings. The average molecular weight is 352 g/mol. The van der Waals surface area contributed by atoms with Crippen LogP contribution in [0.15, 0.2) is 30.6 Å². The van der Waals surface area contributed by atoms with Gasteiger partial charge < -0.3 is 9.84 Å². The number of hydrogen-bond acceptors (Lipinski definition) is 5. The molecule has 0 atom stereocenters. The Kier molecular flexibility index (Phi) is 4.11. The number of imidazole rings is 1. The maximum atomic E-state index is 11.8. The van der Waals surface area contributed by atoms with Crippen molar-refractivity contribution in [3.63, 3.8) is 0 Å². The zero-order chi connectivity index (χ0) is 16.6. The first kappa shape index (κ1) is 15.6. The summed E-state index contributed by atoms with van der Waals surface area (Å²) in [5.74, 6) is -0.951. The van der Waals surface area contributed by atoms with Crippen LogP contribution in [0.3, 0.4) is 0 Å². The number of esters is 1. The Morgan fingerprint density at radius 2 is 2.00 bits per heavy atom. The molecule has 8 heteroatoms. The Morgan fingerprint density at radius 1 is 1.30 bits per heavy atom. The van der Waals surface area contributed by atoms with Crippen LogP contribution in [-0.4, -0.2) is 32.3 Å². The van der Waals surface area contributed by atoms with Crippen LogP contribution in [-0.2, 0) is 4.74 Å². The molecule has 6 nitrogen and oxygen atoms in total. The van der Waals surface area contributed by atoms with Gasteiger partial charge in [-0.25, -0.2) is 14.3 Å². The molecule has 0 aliphatic carbocycles. The molecule has 0 spiro atoms. The Hall–Kier alpha value is -2.31. The highest BCUT2D eigenvalue weighted by atomic mass is 35.5. The van der Waals surface area contributed by atoms with Crippen molar-refractivity contribution in [1.29, 1.82) is 0 Å². The molecule has 0 fully saturated rings. The first-order valence-corrected chi connectivity index (χ1v) is 7.46. The first-order chi connectivity index (χ1) is 11.0. The fourth-order valence-corrected chi connectivity index (χ4v) is 2.65. The number of aromatic hydroxyl groups is 1. The van der Waals surface area contributed by atoms with E-state index in [1.807, 2.05) is 0 Å². The van der Waals surface area contributed by atoms with Gasteiger partial charge in [0.2, 0.25) is 0 Å². The minimum absolute atomic E-state index is 0.0411. The topological polar surface area (TPSA) is 76.7 Å². The number of halogens is 2. The molecule has 3 rings (SSSR count). The number of benzene rings is 1. The summed E-state index contributed by atoms with van der Waals surface area (Å²) in [7, 11) is 0. The highest BCUT2D eigenvalue weighted by Gasteiger charge is 2.18. The SMILES string of the molecule is CCOC(=O)c1cnn2cc(-c3cc(Cl)cc(Cl)c3)nc2c1O. The molecule has 1 N–H and O–H groups in total. The van der Waals surface area contributed by atoms with Gasteiger partial charge >= 0.3 is 5.97 Å². The molecule has 0 saturated heterocycles. The lowest BCUT2D eigenvalue weighted by atomic mass is 10.2. The standard InChI is InChI=1S/C15H11Cl2N3O3/c1-2-23-15(22)11-6-18-20-7-12(19-14(20)13(11)21)8-3-9(16)5-10(17)4-8/h3-7,21H,2H2,1H3. The lowest BCUT2D eigenvalue weighted by Crippen LogP contribution is -2.07. The molecule has 2 aromatic heterocycles. The van der Waals surface area contributed by atoms with Crippen LogP contribution in [0, 0.1) is 0 Å². The lowest BCUT2D eigenvalue weighted by molar-refractivity contribution is 0.0522. The molecule has 118 valence electrons. The van der Waals surface area contributed by atoms with Crippen LogP contribution >= 0.6 is 23.2 Å². The number of fused-ring (bicyclic) bond motifs is 1. The van der Waals surface area contributed by atoms with E-state index in [4.69, 9.17) is 27.9 Å². The molecule has 0 radical (unpaired) electrons. The normalized spacial score (nSPS) is 10.9. The fourth-order valence-electron chi connectivity index (χ4n) is 2.12. The minimum atomic E-state index is -0.657. The van der Waals surface area contributed by atoms with Crippen molar-refractivity contribution in [3.8, 4) is 17.0 Å². The van der Waals surface area contributed by atoms with Crippen LogP contribution in [0.5, 0.6) is 5.75 Å². The Balaban J connectivity index is 2.12. The zero-order valence-electron chi connectivity index (χ0n) is 12.0. The van der Waals surface area contributed by atoms with Crippen LogP contribution in [0.25, 0.3) is 16.9 Å². The van der Waals surface area contributed by atoms with Crippen molar-refractivity contribution in [2.75, 3.05) is 6.61 Å². The molecule has 0 bridgehead atoms. The maximum absolute atomic E-state index is 11.8. The van der Waals surface area contributed by atoms with Crippen molar-refractivity contribution in [2.45, 2.75) is 6.92 Å². The number of carbonyl (C=O) groups excluding carboxylic acids is 1. The Bertz CT molecular complexity index is 888. The molecule has 0 amide bonds. The van der Waals surface area contributed by atoms with E-state index < -0.39 is 5.97 Å². The molecule has 0 aliphatic rings. The second-order valence-electron chi connectivity index (χ2n) is 4.68. The number of ether oxygens (including phenoxy) is 1. The Labute approximate surface area is 141 Å². The largest absolute Gasteiger partial charge is 0.504 e. The zero-order valence-corrected chi connectivity index (χ0v) is 13.5. The molecule has 0 saturated carbocycles. The smallest absolute Gasteiger partial charge is 0.343 e. The number of rotatable bonds is 3. The molecule has 0 unspecified atom stereocenters. The van der Waals surface area contributed by atoms with Crippen molar-refractivity contribution < 1.29 is 14.6 Å². The van der Waals surface area contributed by atoms with E-state index in [0.717, 1.165) is 0 Å². The van der Waals surface area contributed by atoms with Crippen LogP contribution in [0.2, 0.25) is 10.0 Å². The summed E-state index contributed by atoms with van der Waals surface area (Å²) in [5.41, 5.74) is 1.28. The third-order valence-electron chi connectivity index (χ3n) is 3.12. The van der Waals surface area contributed by atoms with E-state index in [9.17, 15) is 9.90 Å². The molecular formula is C15H11Cl2N3O3. The van der Waals surface area contributed by atoms with E-state index in [0.29, 0.717) is 21.3 Å². The van der Waals surface area contributed by atoms with Gasteiger partial charge in [-0.15, -0.1) is 0 Å². The van der Waals surface area contributed by atoms with Gasteiger partial charge in [0.15, 0.2) is 11.4 Å². The Morgan fingerprint density at radius 3 is 2.65 bits per heavy atom. The van der Waals surface area contributed by atoms with Gasteiger partial charge in [0.05, 0.1) is 24.7 Å². The highest BCUT2D eigenvalue weighted by molar-refractivity contribution is 6.35. The number of carbonyl (C=O) groups is 1. The van der Waals surface area contributed by atoms with Gasteiger partial charge in [-0.05, 0) is 25.1 Å². The molecule has 0 aliphatic heterocycles. The van der Waals surface area contributed by atoms with Gasteiger partial charge in [-0.1, -0.05) is 23.2 Å². The second kappa shape index (κ2) is 6.06. The van der Waals surface area contributed by atoms with Gasteiger partial charge in [-0.2, -0.15) is 5.10 Å². The average Bonchev–Trinajstić information content (AvgIpc) is 2.92. The fraction of sp³-hybridized carbons (Fsp3) is 0.133. The van der Waals surface area contributed by atoms with Crippen LogP contribution in [0.4, 0.5) is 0 Å². The molecule has 2 heterocycles. The summed E-state index contributed by atoms with van der Waals surface area (Å²) in [6.45, 7) is 1.88. The van der Waals surface area contributed by atoms with Gasteiger partial charge in [-0.3, -0.25) is 0 Å². The minimum Gasteiger partial charge on any atom is -0.504 e. The maximum Gasteiger partial charge on any atom is 0.343 e. The highest BCUT2D eigenvalue weighted by Crippen LogP contribution is 2.29. The number of aromatic nitrogens is 3. The van der Waals surface area contributed by atoms with Crippen molar-refractivity contribution >= 4 is 34.8 Å². The molecule has 23 heavy (non-hydrogen) atoms. The monoisotopic (exact) mass is 351 g/mol. The first-order valence-electron chi connectivity index (χ1n) is 6.70. The van der Waals surface area contributed by atoms with Crippen LogP contribution < -0.4 is 0 Å². The summed E-state index contributed by atoms with van der Waals surface area (Å²) in [6.07, 6.45) is 2.84. The van der Waals surface area contributed by atoms with Crippen molar-refractivity contribution in [1.82, 2.24) is 14.6 Å². The van der Waals surface area contributed by atoms with E-state index in [-0.39, 0.29) is 23.6 Å². The van der Waals surface area contributed by atoms with E-state index in [1.165, 1.54) is 10.7 Å².